The molecule has 0 fully saturated rings. The summed E-state index contributed by atoms with van der Waals surface area (Å²) in [5.41, 5.74) is 0.509. The van der Waals surface area contributed by atoms with Crippen molar-refractivity contribution in [3.63, 3.8) is 0 Å². The molecule has 0 saturated heterocycles. The fourth-order valence-electron chi connectivity index (χ4n) is 1.84. The Balaban J connectivity index is 2.88. The van der Waals surface area contributed by atoms with Gasteiger partial charge in [0.2, 0.25) is 0 Å². The Bertz CT molecular complexity index is 578. The molecule has 0 aliphatic carbocycles. The van der Waals surface area contributed by atoms with Crippen LogP contribution in [-0.4, -0.2) is 20.5 Å². The first-order chi connectivity index (χ1) is 8.21. The Morgan fingerprint density at radius 1 is 1.18 bits per heavy atom. The summed E-state index contributed by atoms with van der Waals surface area (Å²) in [5.74, 6) is 1.03. The lowest BCUT2D eigenvalue weighted by molar-refractivity contribution is 0.112. The minimum absolute atomic E-state index is 0.470. The highest BCUT2D eigenvalue weighted by Crippen LogP contribution is 2.37. The highest BCUT2D eigenvalue weighted by atomic mass is 79.9. The number of fused-ring (bicyclic) bond motifs is 1. The molecule has 0 amide bonds. The zero-order valence-electron chi connectivity index (χ0n) is 9.49. The normalized spacial score (nSPS) is 10.3. The van der Waals surface area contributed by atoms with Crippen LogP contribution in [0, 0.1) is 0 Å². The molecule has 2 aromatic rings. The van der Waals surface area contributed by atoms with E-state index in [4.69, 9.17) is 9.47 Å². The van der Waals surface area contributed by atoms with Crippen molar-refractivity contribution in [3.05, 3.63) is 34.3 Å². The molecule has 0 aromatic heterocycles. The molecule has 0 bridgehead atoms. The number of rotatable bonds is 3. The molecule has 0 saturated carbocycles. The fraction of sp³-hybridized carbons (Fsp3) is 0.154. The predicted molar refractivity (Wildman–Crippen MR) is 70.1 cm³/mol. The fourth-order valence-corrected chi connectivity index (χ4v) is 2.22. The van der Waals surface area contributed by atoms with E-state index in [1.165, 1.54) is 7.11 Å². The first-order valence-corrected chi connectivity index (χ1v) is 5.80. The molecule has 2 rings (SSSR count). The second kappa shape index (κ2) is 4.75. The molecule has 0 aliphatic heterocycles. The third-order valence-corrected chi connectivity index (χ3v) is 3.09. The highest BCUT2D eigenvalue weighted by molar-refractivity contribution is 9.10. The lowest BCUT2D eigenvalue weighted by Gasteiger charge is -2.12. The topological polar surface area (TPSA) is 35.5 Å². The van der Waals surface area contributed by atoms with Gasteiger partial charge in [-0.25, -0.2) is 0 Å². The van der Waals surface area contributed by atoms with Crippen LogP contribution in [0.15, 0.2) is 28.7 Å². The third-order valence-electron chi connectivity index (χ3n) is 2.60. The highest BCUT2D eigenvalue weighted by Gasteiger charge is 2.14. The number of methoxy groups -OCH3 is 2. The van der Waals surface area contributed by atoms with E-state index in [9.17, 15) is 4.79 Å². The summed E-state index contributed by atoms with van der Waals surface area (Å²) in [6.45, 7) is 0. The van der Waals surface area contributed by atoms with Gasteiger partial charge in [-0.2, -0.15) is 0 Å². The van der Waals surface area contributed by atoms with Crippen LogP contribution in [0.25, 0.3) is 10.8 Å². The van der Waals surface area contributed by atoms with Crippen LogP contribution < -0.4 is 9.47 Å². The number of aldehydes is 1. The summed E-state index contributed by atoms with van der Waals surface area (Å²) in [7, 11) is 3.08. The molecule has 88 valence electrons. The van der Waals surface area contributed by atoms with Crippen LogP contribution >= 0.6 is 15.9 Å². The molecule has 0 unspecified atom stereocenters. The summed E-state index contributed by atoms with van der Waals surface area (Å²) in [5, 5.41) is 1.78. The van der Waals surface area contributed by atoms with E-state index >= 15 is 0 Å². The van der Waals surface area contributed by atoms with Crippen molar-refractivity contribution < 1.29 is 14.3 Å². The van der Waals surface area contributed by atoms with Gasteiger partial charge in [0.15, 0.2) is 17.8 Å². The Kier molecular flexibility index (Phi) is 3.33. The second-order valence-electron chi connectivity index (χ2n) is 3.51. The van der Waals surface area contributed by atoms with Gasteiger partial charge in [0.1, 0.15) is 0 Å². The quantitative estimate of drug-likeness (QED) is 0.814. The Morgan fingerprint density at radius 2 is 1.94 bits per heavy atom. The zero-order chi connectivity index (χ0) is 12.4. The van der Waals surface area contributed by atoms with Crippen molar-refractivity contribution in [3.8, 4) is 11.5 Å². The summed E-state index contributed by atoms with van der Waals surface area (Å²) in [4.78, 5) is 11.2. The number of carbonyl (C=O) groups excluding carboxylic acids is 1. The van der Waals surface area contributed by atoms with Crippen LogP contribution in [0.1, 0.15) is 10.4 Å². The van der Waals surface area contributed by atoms with Gasteiger partial charge in [0, 0.05) is 4.47 Å². The van der Waals surface area contributed by atoms with Crippen molar-refractivity contribution in [2.45, 2.75) is 0 Å². The minimum atomic E-state index is 0.470. The Morgan fingerprint density at radius 3 is 2.53 bits per heavy atom. The van der Waals surface area contributed by atoms with Crippen LogP contribution in [0.2, 0.25) is 0 Å². The zero-order valence-corrected chi connectivity index (χ0v) is 11.1. The number of halogens is 1. The smallest absolute Gasteiger partial charge is 0.171 e. The number of hydrogen-bond acceptors (Lipinski definition) is 3. The Labute approximate surface area is 107 Å². The number of carbonyl (C=O) groups is 1. The maximum atomic E-state index is 11.2. The molecule has 4 heteroatoms. The van der Waals surface area contributed by atoms with E-state index in [1.807, 2.05) is 24.3 Å². The summed E-state index contributed by atoms with van der Waals surface area (Å²) >= 11 is 3.40. The van der Waals surface area contributed by atoms with E-state index in [0.717, 1.165) is 21.5 Å². The van der Waals surface area contributed by atoms with Crippen molar-refractivity contribution in [1.29, 1.82) is 0 Å². The average molecular weight is 295 g/mol. The third kappa shape index (κ3) is 2.00. The molecule has 2 aromatic carbocycles. The lowest BCUT2D eigenvalue weighted by atomic mass is 10.0. The van der Waals surface area contributed by atoms with Gasteiger partial charge in [0.25, 0.3) is 0 Å². The largest absolute Gasteiger partial charge is 0.493 e. The van der Waals surface area contributed by atoms with Gasteiger partial charge < -0.3 is 9.47 Å². The monoisotopic (exact) mass is 294 g/mol. The van der Waals surface area contributed by atoms with Crippen molar-refractivity contribution in [2.24, 2.45) is 0 Å². The molecule has 0 N–H and O–H groups in total. The Hall–Kier alpha value is -1.55. The molecule has 17 heavy (non-hydrogen) atoms. The molecular weight excluding hydrogens is 284 g/mol. The van der Waals surface area contributed by atoms with E-state index in [-0.39, 0.29) is 0 Å². The number of ether oxygens (including phenoxy) is 2. The van der Waals surface area contributed by atoms with E-state index in [2.05, 4.69) is 15.9 Å². The molecular formula is C13H11BrO3. The van der Waals surface area contributed by atoms with E-state index < -0.39 is 0 Å². The molecule has 0 heterocycles. The summed E-state index contributed by atoms with van der Waals surface area (Å²) in [6, 6.07) is 7.56. The van der Waals surface area contributed by atoms with Crippen LogP contribution in [0.5, 0.6) is 11.5 Å². The van der Waals surface area contributed by atoms with Crippen LogP contribution in [-0.2, 0) is 0 Å². The maximum Gasteiger partial charge on any atom is 0.171 e. The van der Waals surface area contributed by atoms with Gasteiger partial charge in [-0.15, -0.1) is 0 Å². The molecule has 3 nitrogen and oxygen atoms in total. The molecule has 0 spiro atoms. The van der Waals surface area contributed by atoms with Crippen LogP contribution in [0.4, 0.5) is 0 Å². The number of benzene rings is 2. The SMILES string of the molecule is COc1cc2cc(Br)ccc2c(C=O)c1OC. The van der Waals surface area contributed by atoms with Gasteiger partial charge in [-0.05, 0) is 29.0 Å². The first kappa shape index (κ1) is 11.9. The van der Waals surface area contributed by atoms with Crippen molar-refractivity contribution in [2.75, 3.05) is 14.2 Å². The van der Waals surface area contributed by atoms with Gasteiger partial charge >= 0.3 is 0 Å². The van der Waals surface area contributed by atoms with E-state index in [0.29, 0.717) is 17.1 Å². The second-order valence-corrected chi connectivity index (χ2v) is 4.42. The van der Waals surface area contributed by atoms with Crippen molar-refractivity contribution >= 4 is 33.0 Å². The van der Waals surface area contributed by atoms with Crippen LogP contribution in [0.3, 0.4) is 0 Å². The molecule has 0 aliphatic rings. The molecule has 0 atom stereocenters. The predicted octanol–water partition coefficient (Wildman–Crippen LogP) is 3.43. The van der Waals surface area contributed by atoms with Gasteiger partial charge in [0.05, 0.1) is 19.8 Å². The lowest BCUT2D eigenvalue weighted by Crippen LogP contribution is -1.96. The van der Waals surface area contributed by atoms with Crippen molar-refractivity contribution in [1.82, 2.24) is 0 Å². The average Bonchev–Trinajstić information content (AvgIpc) is 2.35. The standard InChI is InChI=1S/C13H11BrO3/c1-16-12-6-8-5-9(14)3-4-10(8)11(7-15)13(12)17-2/h3-7H,1-2H3. The van der Waals surface area contributed by atoms with Gasteiger partial charge in [-0.3, -0.25) is 4.79 Å². The minimum Gasteiger partial charge on any atom is -0.493 e. The van der Waals surface area contributed by atoms with Gasteiger partial charge in [-0.1, -0.05) is 22.0 Å². The first-order valence-electron chi connectivity index (χ1n) is 5.00. The summed E-state index contributed by atoms with van der Waals surface area (Å²) in [6.07, 6.45) is 0.789. The summed E-state index contributed by atoms with van der Waals surface area (Å²) < 4.78 is 11.4. The molecule has 0 radical (unpaired) electrons. The van der Waals surface area contributed by atoms with E-state index in [1.54, 1.807) is 7.11 Å². The number of hydrogen-bond donors (Lipinski definition) is 0. The maximum absolute atomic E-state index is 11.2.